The van der Waals surface area contributed by atoms with Gasteiger partial charge in [-0.3, -0.25) is 9.59 Å². The topological polar surface area (TPSA) is 75.4 Å². The average Bonchev–Trinajstić information content (AvgIpc) is 2.65. The van der Waals surface area contributed by atoms with Gasteiger partial charge in [0.25, 0.3) is 0 Å². The van der Waals surface area contributed by atoms with E-state index in [1.807, 2.05) is 20.8 Å². The van der Waals surface area contributed by atoms with Crippen LogP contribution in [0.1, 0.15) is 27.2 Å². The molecule has 0 aromatic rings. The van der Waals surface area contributed by atoms with Crippen LogP contribution in [0.15, 0.2) is 0 Å². The van der Waals surface area contributed by atoms with Gasteiger partial charge in [0.1, 0.15) is 0 Å². The zero-order chi connectivity index (χ0) is 12.3. The Kier molecular flexibility index (Phi) is 3.91. The summed E-state index contributed by atoms with van der Waals surface area (Å²) >= 11 is 0. The van der Waals surface area contributed by atoms with Crippen molar-refractivity contribution < 1.29 is 9.59 Å². The number of rotatable bonds is 4. The SMILES string of the molecule is CCNC(C)(C)C(=O)N1CCC(C(N)=O)C1. The smallest absolute Gasteiger partial charge is 0.242 e. The van der Waals surface area contributed by atoms with Crippen molar-refractivity contribution in [2.45, 2.75) is 32.7 Å². The minimum Gasteiger partial charge on any atom is -0.369 e. The van der Waals surface area contributed by atoms with Crippen LogP contribution in [0.5, 0.6) is 0 Å². The van der Waals surface area contributed by atoms with Crippen LogP contribution in [0.2, 0.25) is 0 Å². The fourth-order valence-corrected chi connectivity index (χ4v) is 2.09. The van der Waals surface area contributed by atoms with E-state index < -0.39 is 5.54 Å². The number of nitrogens with two attached hydrogens (primary N) is 1. The van der Waals surface area contributed by atoms with Crippen molar-refractivity contribution in [2.24, 2.45) is 11.7 Å². The first-order chi connectivity index (χ1) is 7.38. The molecule has 0 spiro atoms. The first-order valence-electron chi connectivity index (χ1n) is 5.72. The number of primary amides is 1. The highest BCUT2D eigenvalue weighted by atomic mass is 16.2. The first-order valence-corrected chi connectivity index (χ1v) is 5.72. The summed E-state index contributed by atoms with van der Waals surface area (Å²) in [5.41, 5.74) is 4.67. The molecule has 0 aromatic heterocycles. The predicted molar refractivity (Wildman–Crippen MR) is 61.6 cm³/mol. The number of carbonyl (C=O) groups excluding carboxylic acids is 2. The highest BCUT2D eigenvalue weighted by Gasteiger charge is 2.36. The fraction of sp³-hybridized carbons (Fsp3) is 0.818. The molecular weight excluding hydrogens is 206 g/mol. The number of hydrogen-bond acceptors (Lipinski definition) is 3. The summed E-state index contributed by atoms with van der Waals surface area (Å²) in [7, 11) is 0. The molecule has 5 nitrogen and oxygen atoms in total. The predicted octanol–water partition coefficient (Wildman–Crippen LogP) is -0.292. The number of carbonyl (C=O) groups is 2. The second-order valence-corrected chi connectivity index (χ2v) is 4.79. The summed E-state index contributed by atoms with van der Waals surface area (Å²) in [4.78, 5) is 24.9. The molecule has 1 heterocycles. The highest BCUT2D eigenvalue weighted by Crippen LogP contribution is 2.19. The molecule has 0 aromatic carbocycles. The summed E-state index contributed by atoms with van der Waals surface area (Å²) < 4.78 is 0. The Morgan fingerprint density at radius 3 is 2.56 bits per heavy atom. The van der Waals surface area contributed by atoms with E-state index in [9.17, 15) is 9.59 Å². The normalized spacial score (nSPS) is 21.2. The standard InChI is InChI=1S/C11H21N3O2/c1-4-13-11(2,3)10(16)14-6-5-8(7-14)9(12)15/h8,13H,4-7H2,1-3H3,(H2,12,15). The van der Waals surface area contributed by atoms with Crippen molar-refractivity contribution >= 4 is 11.8 Å². The number of likely N-dealkylation sites (N-methyl/N-ethyl adjacent to an activating group) is 1. The van der Waals surface area contributed by atoms with Gasteiger partial charge in [0, 0.05) is 13.1 Å². The van der Waals surface area contributed by atoms with Crippen LogP contribution in [0, 0.1) is 5.92 Å². The fourth-order valence-electron chi connectivity index (χ4n) is 2.09. The van der Waals surface area contributed by atoms with Gasteiger partial charge in [0.15, 0.2) is 0 Å². The van der Waals surface area contributed by atoms with Crippen molar-refractivity contribution in [3.05, 3.63) is 0 Å². The van der Waals surface area contributed by atoms with Crippen molar-refractivity contribution in [3.63, 3.8) is 0 Å². The summed E-state index contributed by atoms with van der Waals surface area (Å²) in [6.07, 6.45) is 0.684. The molecular formula is C11H21N3O2. The molecule has 16 heavy (non-hydrogen) atoms. The van der Waals surface area contributed by atoms with E-state index in [1.165, 1.54) is 0 Å². The number of nitrogens with zero attached hydrogens (tertiary/aromatic N) is 1. The average molecular weight is 227 g/mol. The van der Waals surface area contributed by atoms with Crippen LogP contribution in [-0.2, 0) is 9.59 Å². The molecule has 1 aliphatic rings. The zero-order valence-corrected chi connectivity index (χ0v) is 10.2. The molecule has 0 bridgehead atoms. The van der Waals surface area contributed by atoms with E-state index in [1.54, 1.807) is 4.90 Å². The lowest BCUT2D eigenvalue weighted by Gasteiger charge is -2.29. The quantitative estimate of drug-likeness (QED) is 0.693. The Bertz CT molecular complexity index is 289. The number of nitrogens with one attached hydrogen (secondary N) is 1. The summed E-state index contributed by atoms with van der Waals surface area (Å²) in [6, 6.07) is 0. The van der Waals surface area contributed by atoms with E-state index in [2.05, 4.69) is 5.32 Å². The second-order valence-electron chi connectivity index (χ2n) is 4.79. The minimum absolute atomic E-state index is 0.0399. The van der Waals surface area contributed by atoms with E-state index in [0.29, 0.717) is 19.5 Å². The molecule has 3 N–H and O–H groups in total. The lowest BCUT2D eigenvalue weighted by Crippen LogP contribution is -2.53. The van der Waals surface area contributed by atoms with Crippen molar-refractivity contribution in [1.29, 1.82) is 0 Å². The first kappa shape index (κ1) is 13.0. The van der Waals surface area contributed by atoms with Gasteiger partial charge in [0.05, 0.1) is 11.5 Å². The van der Waals surface area contributed by atoms with Gasteiger partial charge in [-0.1, -0.05) is 6.92 Å². The van der Waals surface area contributed by atoms with Gasteiger partial charge in [-0.15, -0.1) is 0 Å². The zero-order valence-electron chi connectivity index (χ0n) is 10.2. The minimum atomic E-state index is -0.568. The van der Waals surface area contributed by atoms with Crippen LogP contribution in [-0.4, -0.2) is 41.9 Å². The summed E-state index contributed by atoms with van der Waals surface area (Å²) in [5, 5.41) is 3.14. The molecule has 0 radical (unpaired) electrons. The molecule has 1 rings (SSSR count). The van der Waals surface area contributed by atoms with E-state index in [-0.39, 0.29) is 17.7 Å². The van der Waals surface area contributed by atoms with Crippen molar-refractivity contribution in [3.8, 4) is 0 Å². The van der Waals surface area contributed by atoms with Gasteiger partial charge >= 0.3 is 0 Å². The van der Waals surface area contributed by atoms with Gasteiger partial charge in [-0.2, -0.15) is 0 Å². The number of hydrogen-bond donors (Lipinski definition) is 2. The maximum atomic E-state index is 12.1. The Hall–Kier alpha value is -1.10. The van der Waals surface area contributed by atoms with E-state index in [4.69, 9.17) is 5.73 Å². The van der Waals surface area contributed by atoms with Gasteiger partial charge in [-0.05, 0) is 26.8 Å². The third kappa shape index (κ3) is 2.72. The van der Waals surface area contributed by atoms with Gasteiger partial charge in [-0.25, -0.2) is 0 Å². The Morgan fingerprint density at radius 2 is 2.12 bits per heavy atom. The Morgan fingerprint density at radius 1 is 1.50 bits per heavy atom. The molecule has 0 saturated carbocycles. The number of amides is 2. The largest absolute Gasteiger partial charge is 0.369 e. The Balaban J connectivity index is 2.60. The molecule has 1 saturated heterocycles. The molecule has 0 aliphatic carbocycles. The molecule has 1 atom stereocenters. The van der Waals surface area contributed by atoms with E-state index in [0.717, 1.165) is 6.54 Å². The second kappa shape index (κ2) is 4.82. The van der Waals surface area contributed by atoms with Crippen molar-refractivity contribution in [1.82, 2.24) is 10.2 Å². The third-order valence-electron chi connectivity index (χ3n) is 3.03. The third-order valence-corrected chi connectivity index (χ3v) is 3.03. The molecule has 92 valence electrons. The van der Waals surface area contributed by atoms with Crippen LogP contribution in [0.3, 0.4) is 0 Å². The lowest BCUT2D eigenvalue weighted by molar-refractivity contribution is -0.136. The maximum absolute atomic E-state index is 12.1. The lowest BCUT2D eigenvalue weighted by atomic mass is 10.0. The van der Waals surface area contributed by atoms with Crippen LogP contribution in [0.4, 0.5) is 0 Å². The Labute approximate surface area is 96.4 Å². The summed E-state index contributed by atoms with van der Waals surface area (Å²) in [5.74, 6) is -0.448. The summed E-state index contributed by atoms with van der Waals surface area (Å²) in [6.45, 7) is 7.51. The molecule has 2 amide bonds. The highest BCUT2D eigenvalue weighted by molar-refractivity contribution is 5.87. The number of likely N-dealkylation sites (tertiary alicyclic amines) is 1. The van der Waals surface area contributed by atoms with Gasteiger partial charge < -0.3 is 16.0 Å². The molecule has 5 heteroatoms. The monoisotopic (exact) mass is 227 g/mol. The van der Waals surface area contributed by atoms with Crippen LogP contribution < -0.4 is 11.1 Å². The van der Waals surface area contributed by atoms with E-state index >= 15 is 0 Å². The molecule has 1 fully saturated rings. The van der Waals surface area contributed by atoms with Crippen LogP contribution in [0.25, 0.3) is 0 Å². The van der Waals surface area contributed by atoms with Crippen LogP contribution >= 0.6 is 0 Å². The molecule has 1 unspecified atom stereocenters. The molecule has 1 aliphatic heterocycles. The van der Waals surface area contributed by atoms with Crippen molar-refractivity contribution in [2.75, 3.05) is 19.6 Å². The van der Waals surface area contributed by atoms with Gasteiger partial charge in [0.2, 0.25) is 11.8 Å². The maximum Gasteiger partial charge on any atom is 0.242 e.